The summed E-state index contributed by atoms with van der Waals surface area (Å²) in [5, 5.41) is 2.92. The van der Waals surface area contributed by atoms with Crippen molar-refractivity contribution in [1.82, 2.24) is 5.32 Å². The minimum Gasteiger partial charge on any atom is -0.372 e. The zero-order valence-electron chi connectivity index (χ0n) is 18.2. The Morgan fingerprint density at radius 1 is 1.16 bits per heavy atom. The summed E-state index contributed by atoms with van der Waals surface area (Å²) in [6.07, 6.45) is 3.52. The zero-order valence-corrected chi connectivity index (χ0v) is 20.6. The summed E-state index contributed by atoms with van der Waals surface area (Å²) in [6.45, 7) is 6.06. The average Bonchev–Trinajstić information content (AvgIpc) is 2.72. The Kier molecular flexibility index (Phi) is 7.64. The van der Waals surface area contributed by atoms with Crippen LogP contribution in [0.25, 0.3) is 0 Å². The Bertz CT molecular complexity index is 1000. The second-order valence-corrected chi connectivity index (χ2v) is 11.0. The lowest BCUT2D eigenvalue weighted by atomic mass is 9.98. The van der Waals surface area contributed by atoms with Crippen LogP contribution in [0.2, 0.25) is 0 Å². The molecular formula is C23H30BrN3O3S. The third kappa shape index (κ3) is 6.23. The van der Waals surface area contributed by atoms with E-state index in [1.807, 2.05) is 19.1 Å². The first kappa shape index (κ1) is 23.6. The molecule has 0 aliphatic carbocycles. The number of benzene rings is 2. The van der Waals surface area contributed by atoms with Gasteiger partial charge in [0.15, 0.2) is 0 Å². The second kappa shape index (κ2) is 10.0. The normalized spacial score (nSPS) is 16.1. The molecule has 1 aliphatic rings. The first-order valence-electron chi connectivity index (χ1n) is 10.5. The van der Waals surface area contributed by atoms with Crippen LogP contribution >= 0.6 is 15.9 Å². The van der Waals surface area contributed by atoms with Crippen LogP contribution in [0.3, 0.4) is 0 Å². The molecule has 1 unspecified atom stereocenters. The smallest absolute Gasteiger partial charge is 0.241 e. The summed E-state index contributed by atoms with van der Waals surface area (Å²) >= 11 is 3.37. The third-order valence-corrected chi connectivity index (χ3v) is 7.53. The van der Waals surface area contributed by atoms with Crippen molar-refractivity contribution in [2.45, 2.75) is 32.7 Å². The Balaban J connectivity index is 1.64. The molecule has 0 saturated carbocycles. The lowest BCUT2D eigenvalue weighted by molar-refractivity contribution is -0.120. The van der Waals surface area contributed by atoms with Crippen LogP contribution in [-0.2, 0) is 14.8 Å². The summed E-state index contributed by atoms with van der Waals surface area (Å²) in [6, 6.07) is 15.0. The molecule has 2 aromatic rings. The van der Waals surface area contributed by atoms with Gasteiger partial charge < -0.3 is 10.2 Å². The van der Waals surface area contributed by atoms with Crippen LogP contribution in [0.15, 0.2) is 53.0 Å². The lowest BCUT2D eigenvalue weighted by Gasteiger charge is -2.32. The number of piperidine rings is 1. The van der Waals surface area contributed by atoms with E-state index in [1.54, 1.807) is 24.3 Å². The third-order valence-electron chi connectivity index (χ3n) is 5.73. The predicted molar refractivity (Wildman–Crippen MR) is 130 cm³/mol. The molecule has 0 aromatic heterocycles. The van der Waals surface area contributed by atoms with Gasteiger partial charge in [0.25, 0.3) is 0 Å². The molecule has 0 spiro atoms. The highest BCUT2D eigenvalue weighted by atomic mass is 79.9. The van der Waals surface area contributed by atoms with Crippen LogP contribution in [0.1, 0.15) is 38.3 Å². The number of carbonyl (C=O) groups excluding carboxylic acids is 1. The summed E-state index contributed by atoms with van der Waals surface area (Å²) in [5.41, 5.74) is 2.62. The molecule has 8 heteroatoms. The number of halogens is 1. The largest absolute Gasteiger partial charge is 0.372 e. The first-order valence-corrected chi connectivity index (χ1v) is 13.2. The lowest BCUT2D eigenvalue weighted by Crippen LogP contribution is -2.41. The van der Waals surface area contributed by atoms with Gasteiger partial charge in [-0.05, 0) is 71.4 Å². The van der Waals surface area contributed by atoms with Gasteiger partial charge in [-0.2, -0.15) is 0 Å². The molecule has 1 fully saturated rings. The fraction of sp³-hybridized carbons (Fsp3) is 0.435. The Morgan fingerprint density at radius 2 is 1.77 bits per heavy atom. The molecule has 1 N–H and O–H groups in total. The maximum absolute atomic E-state index is 12.7. The van der Waals surface area contributed by atoms with Gasteiger partial charge in [0.05, 0.1) is 18.0 Å². The molecule has 1 amide bonds. The molecule has 1 saturated heterocycles. The summed E-state index contributed by atoms with van der Waals surface area (Å²) in [5.74, 6) is 0.427. The fourth-order valence-corrected chi connectivity index (χ4v) is 5.26. The number of amides is 1. The number of rotatable bonds is 7. The van der Waals surface area contributed by atoms with Gasteiger partial charge >= 0.3 is 0 Å². The van der Waals surface area contributed by atoms with Gasteiger partial charge in [0, 0.05) is 23.2 Å². The van der Waals surface area contributed by atoms with E-state index in [1.165, 1.54) is 18.5 Å². The maximum atomic E-state index is 12.7. The summed E-state index contributed by atoms with van der Waals surface area (Å²) in [4.78, 5) is 15.1. The minimum atomic E-state index is -3.62. The predicted octanol–water partition coefficient (Wildman–Crippen LogP) is 4.33. The van der Waals surface area contributed by atoms with Crippen LogP contribution in [0.5, 0.6) is 0 Å². The van der Waals surface area contributed by atoms with Crippen molar-refractivity contribution in [3.8, 4) is 0 Å². The van der Waals surface area contributed by atoms with E-state index in [2.05, 4.69) is 45.2 Å². The molecule has 1 atom stereocenters. The van der Waals surface area contributed by atoms with E-state index >= 15 is 0 Å². The zero-order chi connectivity index (χ0) is 22.6. The number of para-hydroxylation sites is 1. The highest BCUT2D eigenvalue weighted by Gasteiger charge is 2.23. The van der Waals surface area contributed by atoms with E-state index in [-0.39, 0.29) is 18.5 Å². The van der Waals surface area contributed by atoms with Gasteiger partial charge in [-0.1, -0.05) is 31.2 Å². The molecule has 3 rings (SSSR count). The molecule has 0 radical (unpaired) electrons. The van der Waals surface area contributed by atoms with Crippen LogP contribution < -0.4 is 14.5 Å². The van der Waals surface area contributed by atoms with Gasteiger partial charge in [0.1, 0.15) is 6.54 Å². The molecule has 168 valence electrons. The number of carbonyl (C=O) groups is 1. The van der Waals surface area contributed by atoms with Crippen LogP contribution in [-0.4, -0.2) is 40.2 Å². The van der Waals surface area contributed by atoms with E-state index in [9.17, 15) is 13.2 Å². The molecule has 31 heavy (non-hydrogen) atoms. The Labute approximate surface area is 193 Å². The maximum Gasteiger partial charge on any atom is 0.241 e. The van der Waals surface area contributed by atoms with E-state index in [4.69, 9.17) is 0 Å². The Morgan fingerprint density at radius 3 is 2.35 bits per heavy atom. The second-order valence-electron chi connectivity index (χ2n) is 8.27. The molecule has 6 nitrogen and oxygen atoms in total. The SMILES string of the molecule is CC1CCN(c2ccc(C(C)NC(=O)CN(c3ccccc3Br)S(C)(=O)=O)cc2)CC1. The van der Waals surface area contributed by atoms with Crippen molar-refractivity contribution >= 4 is 43.2 Å². The minimum absolute atomic E-state index is 0.233. The topological polar surface area (TPSA) is 69.7 Å². The molecule has 0 bridgehead atoms. The van der Waals surface area contributed by atoms with E-state index in [0.717, 1.165) is 35.1 Å². The molecule has 2 aromatic carbocycles. The van der Waals surface area contributed by atoms with Crippen molar-refractivity contribution in [2.24, 2.45) is 5.92 Å². The number of hydrogen-bond donors (Lipinski definition) is 1. The van der Waals surface area contributed by atoms with Crippen LogP contribution in [0.4, 0.5) is 11.4 Å². The number of anilines is 2. The van der Waals surface area contributed by atoms with Crippen LogP contribution in [0, 0.1) is 5.92 Å². The average molecular weight is 508 g/mol. The van der Waals surface area contributed by atoms with Gasteiger partial charge in [0.2, 0.25) is 15.9 Å². The Hall–Kier alpha value is -2.06. The first-order chi connectivity index (χ1) is 14.6. The van der Waals surface area contributed by atoms with E-state index < -0.39 is 10.0 Å². The van der Waals surface area contributed by atoms with Crippen molar-refractivity contribution in [3.05, 3.63) is 58.6 Å². The highest BCUT2D eigenvalue weighted by molar-refractivity contribution is 9.10. The van der Waals surface area contributed by atoms with Gasteiger partial charge in [-0.15, -0.1) is 0 Å². The summed E-state index contributed by atoms with van der Waals surface area (Å²) < 4.78 is 26.3. The molecule has 1 heterocycles. The number of sulfonamides is 1. The molecular weight excluding hydrogens is 478 g/mol. The van der Waals surface area contributed by atoms with Gasteiger partial charge in [-0.3, -0.25) is 9.10 Å². The number of nitrogens with zero attached hydrogens (tertiary/aromatic N) is 2. The number of nitrogens with one attached hydrogen (secondary N) is 1. The van der Waals surface area contributed by atoms with Crippen molar-refractivity contribution in [1.29, 1.82) is 0 Å². The molecule has 1 aliphatic heterocycles. The van der Waals surface area contributed by atoms with Crippen molar-refractivity contribution in [2.75, 3.05) is 35.1 Å². The summed E-state index contributed by atoms with van der Waals surface area (Å²) in [7, 11) is -3.62. The fourth-order valence-electron chi connectivity index (χ4n) is 3.78. The standard InChI is InChI=1S/C23H30BrN3O3S/c1-17-12-14-26(15-13-17)20-10-8-19(9-11-20)18(2)25-23(28)16-27(31(3,29)30)22-7-5-4-6-21(22)24/h4-11,17-18H,12-16H2,1-3H3,(H,25,28). The quantitative estimate of drug-likeness (QED) is 0.605. The highest BCUT2D eigenvalue weighted by Crippen LogP contribution is 2.28. The van der Waals surface area contributed by atoms with Gasteiger partial charge in [-0.25, -0.2) is 8.42 Å². The monoisotopic (exact) mass is 507 g/mol. The number of hydrogen-bond acceptors (Lipinski definition) is 4. The van der Waals surface area contributed by atoms with E-state index in [0.29, 0.717) is 10.2 Å². The van der Waals surface area contributed by atoms with Crippen molar-refractivity contribution < 1.29 is 13.2 Å². The van der Waals surface area contributed by atoms with Crippen molar-refractivity contribution in [3.63, 3.8) is 0 Å².